The number of benzene rings is 2. The van der Waals surface area contributed by atoms with Crippen LogP contribution in [0.5, 0.6) is 5.75 Å². The predicted octanol–water partition coefficient (Wildman–Crippen LogP) is 3.68. The van der Waals surface area contributed by atoms with Crippen LogP contribution in [0.2, 0.25) is 0 Å². The van der Waals surface area contributed by atoms with Crippen LogP contribution in [0, 0.1) is 6.92 Å². The number of aryl methyl sites for hydroxylation is 1. The van der Waals surface area contributed by atoms with Gasteiger partial charge in [-0.15, -0.1) is 11.3 Å². The Balaban J connectivity index is 1.80. The van der Waals surface area contributed by atoms with Gasteiger partial charge < -0.3 is 10.1 Å². The van der Waals surface area contributed by atoms with Crippen molar-refractivity contribution in [3.63, 3.8) is 0 Å². The Hall–Kier alpha value is -3.37. The standard InChI is InChI=1S/C23H22N4O4S2/c1-4-31-17-8-6-5-7-16(17)24-18(28)13-26-20-19(33-22(25-20)32-3)21(29)27(23(26)30)15-11-9-14(2)10-12-15/h5-12H,4,13H2,1-3H3,(H,24,28). The predicted molar refractivity (Wildman–Crippen MR) is 132 cm³/mol. The summed E-state index contributed by atoms with van der Waals surface area (Å²) in [6, 6.07) is 14.2. The number of nitrogens with zero attached hydrogens (tertiary/aromatic N) is 3. The highest BCUT2D eigenvalue weighted by molar-refractivity contribution is 8.00. The average Bonchev–Trinajstić information content (AvgIpc) is 3.24. The Morgan fingerprint density at radius 3 is 2.58 bits per heavy atom. The zero-order chi connectivity index (χ0) is 23.5. The van der Waals surface area contributed by atoms with E-state index in [1.807, 2.05) is 38.3 Å². The first-order chi connectivity index (χ1) is 15.9. The second-order valence-electron chi connectivity index (χ2n) is 7.16. The number of carbonyl (C=O) groups is 1. The number of ether oxygens (including phenoxy) is 1. The van der Waals surface area contributed by atoms with Crippen LogP contribution in [0.1, 0.15) is 12.5 Å². The number of rotatable bonds is 7. The summed E-state index contributed by atoms with van der Waals surface area (Å²) in [5.41, 5.74) is 1.08. The van der Waals surface area contributed by atoms with E-state index < -0.39 is 17.2 Å². The number of hydrogen-bond donors (Lipinski definition) is 1. The Kier molecular flexibility index (Phi) is 6.66. The molecule has 8 nitrogen and oxygen atoms in total. The van der Waals surface area contributed by atoms with Crippen molar-refractivity contribution in [2.75, 3.05) is 18.2 Å². The summed E-state index contributed by atoms with van der Waals surface area (Å²) < 4.78 is 8.85. The van der Waals surface area contributed by atoms with Crippen LogP contribution in [0.3, 0.4) is 0 Å². The Labute approximate surface area is 197 Å². The van der Waals surface area contributed by atoms with Gasteiger partial charge in [0.25, 0.3) is 5.56 Å². The van der Waals surface area contributed by atoms with Crippen molar-refractivity contribution in [1.82, 2.24) is 14.1 Å². The number of fused-ring (bicyclic) bond motifs is 1. The average molecular weight is 483 g/mol. The molecule has 2 aromatic heterocycles. The molecule has 170 valence electrons. The molecule has 0 aliphatic heterocycles. The molecule has 0 saturated carbocycles. The first kappa shape index (κ1) is 22.8. The number of thiazole rings is 1. The number of nitrogens with one attached hydrogen (secondary N) is 1. The highest BCUT2D eigenvalue weighted by Crippen LogP contribution is 2.26. The molecule has 0 aliphatic rings. The van der Waals surface area contributed by atoms with Crippen LogP contribution in [0.4, 0.5) is 5.69 Å². The van der Waals surface area contributed by atoms with Gasteiger partial charge in [-0.3, -0.25) is 14.2 Å². The van der Waals surface area contributed by atoms with Crippen molar-refractivity contribution in [3.8, 4) is 11.4 Å². The van der Waals surface area contributed by atoms with Crippen LogP contribution in [-0.4, -0.2) is 32.9 Å². The third kappa shape index (κ3) is 4.57. The molecule has 0 unspecified atom stereocenters. The van der Waals surface area contributed by atoms with Crippen LogP contribution in [0.25, 0.3) is 16.0 Å². The molecule has 2 aromatic carbocycles. The summed E-state index contributed by atoms with van der Waals surface area (Å²) in [5, 5.41) is 2.80. The lowest BCUT2D eigenvalue weighted by molar-refractivity contribution is -0.116. The van der Waals surface area contributed by atoms with Crippen molar-refractivity contribution >= 4 is 45.0 Å². The summed E-state index contributed by atoms with van der Waals surface area (Å²) in [4.78, 5) is 44.0. The number of para-hydroxylation sites is 2. The molecule has 1 N–H and O–H groups in total. The third-order valence-corrected chi connectivity index (χ3v) is 6.91. The monoisotopic (exact) mass is 482 g/mol. The van der Waals surface area contributed by atoms with Crippen LogP contribution in [-0.2, 0) is 11.3 Å². The SMILES string of the molecule is CCOc1ccccc1NC(=O)Cn1c(=O)n(-c2ccc(C)cc2)c(=O)c2sc(SC)nc21. The molecule has 0 radical (unpaired) electrons. The molecule has 33 heavy (non-hydrogen) atoms. The normalized spacial score (nSPS) is 11.0. The largest absolute Gasteiger partial charge is 0.492 e. The Morgan fingerprint density at radius 2 is 1.88 bits per heavy atom. The number of aromatic nitrogens is 3. The summed E-state index contributed by atoms with van der Waals surface area (Å²) >= 11 is 2.58. The van der Waals surface area contributed by atoms with Crippen LogP contribution < -0.4 is 21.3 Å². The fourth-order valence-corrected chi connectivity index (χ4v) is 4.84. The number of carbonyl (C=O) groups excluding carboxylic acids is 1. The van der Waals surface area contributed by atoms with E-state index in [2.05, 4.69) is 10.3 Å². The molecule has 2 heterocycles. The minimum absolute atomic E-state index is 0.205. The Morgan fingerprint density at radius 1 is 1.15 bits per heavy atom. The van der Waals surface area contributed by atoms with E-state index in [0.717, 1.165) is 10.1 Å². The van der Waals surface area contributed by atoms with Crippen molar-refractivity contribution in [3.05, 3.63) is 74.9 Å². The van der Waals surface area contributed by atoms with E-state index in [4.69, 9.17) is 4.74 Å². The molecule has 0 atom stereocenters. The van der Waals surface area contributed by atoms with Crippen molar-refractivity contribution in [2.45, 2.75) is 24.7 Å². The minimum atomic E-state index is -0.623. The topological polar surface area (TPSA) is 95.2 Å². The van der Waals surface area contributed by atoms with E-state index in [0.29, 0.717) is 32.8 Å². The van der Waals surface area contributed by atoms with Gasteiger partial charge in [0.1, 0.15) is 17.0 Å². The minimum Gasteiger partial charge on any atom is -0.492 e. The maximum absolute atomic E-state index is 13.4. The first-order valence-electron chi connectivity index (χ1n) is 10.2. The van der Waals surface area contributed by atoms with E-state index in [1.54, 1.807) is 30.3 Å². The number of thioether (sulfide) groups is 1. The number of hydrogen-bond acceptors (Lipinski definition) is 7. The second-order valence-corrected chi connectivity index (χ2v) is 9.21. The molecule has 4 aromatic rings. The van der Waals surface area contributed by atoms with E-state index >= 15 is 0 Å². The fourth-order valence-electron chi connectivity index (χ4n) is 3.35. The molecular formula is C23H22N4O4S2. The smallest absolute Gasteiger partial charge is 0.337 e. The van der Waals surface area contributed by atoms with Gasteiger partial charge in [-0.2, -0.15) is 0 Å². The lowest BCUT2D eigenvalue weighted by Crippen LogP contribution is -2.40. The van der Waals surface area contributed by atoms with Gasteiger partial charge in [-0.25, -0.2) is 14.3 Å². The molecule has 0 saturated heterocycles. The van der Waals surface area contributed by atoms with Crippen LogP contribution in [0.15, 0.2) is 62.5 Å². The molecule has 4 rings (SSSR count). The summed E-state index contributed by atoms with van der Waals surface area (Å²) in [5.74, 6) is 0.104. The number of anilines is 1. The maximum Gasteiger partial charge on any atom is 0.337 e. The molecule has 0 aliphatic carbocycles. The maximum atomic E-state index is 13.4. The quantitative estimate of drug-likeness (QED) is 0.404. The van der Waals surface area contributed by atoms with Crippen molar-refractivity contribution < 1.29 is 9.53 Å². The molecular weight excluding hydrogens is 460 g/mol. The molecule has 0 fully saturated rings. The van der Waals surface area contributed by atoms with Gasteiger partial charge in [-0.1, -0.05) is 41.6 Å². The molecule has 0 bridgehead atoms. The summed E-state index contributed by atoms with van der Waals surface area (Å²) in [6.07, 6.45) is 1.84. The van der Waals surface area contributed by atoms with Gasteiger partial charge in [-0.05, 0) is 44.4 Å². The summed E-state index contributed by atoms with van der Waals surface area (Å²) in [6.45, 7) is 3.92. The zero-order valence-corrected chi connectivity index (χ0v) is 20.0. The highest BCUT2D eigenvalue weighted by Gasteiger charge is 2.21. The third-order valence-electron chi connectivity index (χ3n) is 4.89. The van der Waals surface area contributed by atoms with Gasteiger partial charge in [0.05, 0.1) is 18.0 Å². The van der Waals surface area contributed by atoms with E-state index in [1.165, 1.54) is 27.7 Å². The number of amides is 1. The van der Waals surface area contributed by atoms with E-state index in [-0.39, 0.29) is 12.2 Å². The second kappa shape index (κ2) is 9.63. The summed E-state index contributed by atoms with van der Waals surface area (Å²) in [7, 11) is 0. The van der Waals surface area contributed by atoms with Gasteiger partial charge >= 0.3 is 5.69 Å². The van der Waals surface area contributed by atoms with Crippen molar-refractivity contribution in [2.24, 2.45) is 0 Å². The van der Waals surface area contributed by atoms with Crippen molar-refractivity contribution in [1.29, 1.82) is 0 Å². The van der Waals surface area contributed by atoms with Gasteiger partial charge in [0.15, 0.2) is 9.99 Å². The highest BCUT2D eigenvalue weighted by atomic mass is 32.2. The van der Waals surface area contributed by atoms with Gasteiger partial charge in [0.2, 0.25) is 5.91 Å². The van der Waals surface area contributed by atoms with E-state index in [9.17, 15) is 14.4 Å². The molecule has 1 amide bonds. The zero-order valence-electron chi connectivity index (χ0n) is 18.3. The lowest BCUT2D eigenvalue weighted by atomic mass is 10.2. The Bertz CT molecular complexity index is 1440. The van der Waals surface area contributed by atoms with Gasteiger partial charge in [0, 0.05) is 0 Å². The fraction of sp³-hybridized carbons (Fsp3) is 0.217. The lowest BCUT2D eigenvalue weighted by Gasteiger charge is -2.13. The first-order valence-corrected chi connectivity index (χ1v) is 12.3. The molecule has 10 heteroatoms. The van der Waals surface area contributed by atoms with Crippen LogP contribution >= 0.6 is 23.1 Å². The molecule has 0 spiro atoms.